The number of rotatable bonds is 8. The molecule has 1 heterocycles. The molecule has 1 amide bonds. The van der Waals surface area contributed by atoms with Crippen molar-refractivity contribution >= 4 is 46.6 Å². The summed E-state index contributed by atoms with van der Waals surface area (Å²) in [4.78, 5) is 12.3. The van der Waals surface area contributed by atoms with Gasteiger partial charge in [0.05, 0.1) is 16.5 Å². The van der Waals surface area contributed by atoms with Gasteiger partial charge in [0, 0.05) is 18.0 Å². The number of benzene rings is 1. The molecule has 1 aliphatic carbocycles. The van der Waals surface area contributed by atoms with Gasteiger partial charge in [-0.3, -0.25) is 4.79 Å². The van der Waals surface area contributed by atoms with Crippen molar-refractivity contribution in [2.24, 2.45) is 5.92 Å². The average Bonchev–Trinajstić information content (AvgIpc) is 3.06. The van der Waals surface area contributed by atoms with Crippen molar-refractivity contribution in [3.63, 3.8) is 0 Å². The van der Waals surface area contributed by atoms with Gasteiger partial charge >= 0.3 is 0 Å². The largest absolute Gasteiger partial charge is 0.324 e. The van der Waals surface area contributed by atoms with E-state index in [9.17, 15) is 4.79 Å². The molecule has 0 atom stereocenters. The third-order valence-electron chi connectivity index (χ3n) is 4.84. The van der Waals surface area contributed by atoms with Crippen molar-refractivity contribution in [1.29, 1.82) is 0 Å². The molecule has 1 N–H and O–H groups in total. The first-order valence-corrected chi connectivity index (χ1v) is 11.2. The minimum Gasteiger partial charge on any atom is -0.324 e. The van der Waals surface area contributed by atoms with Crippen molar-refractivity contribution in [2.45, 2.75) is 50.2 Å². The molecule has 150 valence electrons. The number of aromatic nitrogens is 3. The summed E-state index contributed by atoms with van der Waals surface area (Å²) in [5.74, 6) is 1.69. The molecule has 1 aromatic heterocycles. The molecule has 0 unspecified atom stereocenters. The molecule has 0 spiro atoms. The second kappa shape index (κ2) is 10.3. The number of allylic oxidation sites excluding steroid dienone is 1. The molecule has 0 bridgehead atoms. The van der Waals surface area contributed by atoms with Crippen LogP contribution in [0.5, 0.6) is 0 Å². The normalized spacial score (nSPS) is 14.8. The number of anilines is 1. The van der Waals surface area contributed by atoms with E-state index in [0.717, 1.165) is 17.4 Å². The fourth-order valence-corrected chi connectivity index (χ4v) is 4.55. The average molecular weight is 439 g/mol. The molecule has 0 saturated heterocycles. The Labute approximate surface area is 179 Å². The van der Waals surface area contributed by atoms with E-state index in [4.69, 9.17) is 23.2 Å². The molecule has 1 saturated carbocycles. The number of nitrogens with zero attached hydrogens (tertiary/aromatic N) is 3. The number of amides is 1. The van der Waals surface area contributed by atoms with Crippen molar-refractivity contribution < 1.29 is 4.79 Å². The summed E-state index contributed by atoms with van der Waals surface area (Å²) in [6, 6.07) is 4.97. The number of nitrogens with one attached hydrogen (secondary N) is 1. The Morgan fingerprint density at radius 3 is 2.82 bits per heavy atom. The van der Waals surface area contributed by atoms with Gasteiger partial charge in [0.25, 0.3) is 0 Å². The summed E-state index contributed by atoms with van der Waals surface area (Å²) in [5, 5.41) is 13.2. The van der Waals surface area contributed by atoms with Crippen molar-refractivity contribution in [1.82, 2.24) is 14.8 Å². The van der Waals surface area contributed by atoms with Crippen LogP contribution in [-0.2, 0) is 17.8 Å². The van der Waals surface area contributed by atoms with Gasteiger partial charge < -0.3 is 9.88 Å². The van der Waals surface area contributed by atoms with E-state index >= 15 is 0 Å². The van der Waals surface area contributed by atoms with Crippen LogP contribution in [0.15, 0.2) is 36.0 Å². The van der Waals surface area contributed by atoms with E-state index in [2.05, 4.69) is 26.7 Å². The zero-order valence-electron chi connectivity index (χ0n) is 15.7. The van der Waals surface area contributed by atoms with Crippen LogP contribution in [0.1, 0.15) is 37.9 Å². The standard InChI is InChI=1S/C20H24Cl2N4OS/c1-2-10-26-18(11-14-6-4-3-5-7-14)24-25-20(26)28-13-19(27)23-17-12-15(21)8-9-16(17)22/h2,8-9,12,14H,1,3-7,10-11,13H2,(H,23,27). The Hall–Kier alpha value is -1.50. The van der Waals surface area contributed by atoms with E-state index < -0.39 is 0 Å². The van der Waals surface area contributed by atoms with Crippen molar-refractivity contribution in [3.8, 4) is 0 Å². The number of carbonyl (C=O) groups is 1. The fraction of sp³-hybridized carbons (Fsp3) is 0.450. The summed E-state index contributed by atoms with van der Waals surface area (Å²) in [5.41, 5.74) is 0.505. The molecule has 28 heavy (non-hydrogen) atoms. The fourth-order valence-electron chi connectivity index (χ4n) is 3.45. The SMILES string of the molecule is C=CCn1c(CC2CCCCC2)nnc1SCC(=O)Nc1cc(Cl)ccc1Cl. The highest BCUT2D eigenvalue weighted by Gasteiger charge is 2.19. The monoisotopic (exact) mass is 438 g/mol. The summed E-state index contributed by atoms with van der Waals surface area (Å²) in [6.07, 6.45) is 9.22. The van der Waals surface area contributed by atoms with Crippen LogP contribution >= 0.6 is 35.0 Å². The Kier molecular flexibility index (Phi) is 7.82. The Morgan fingerprint density at radius 2 is 2.07 bits per heavy atom. The zero-order chi connectivity index (χ0) is 19.9. The lowest BCUT2D eigenvalue weighted by Gasteiger charge is -2.21. The van der Waals surface area contributed by atoms with Gasteiger partial charge in [0.1, 0.15) is 5.82 Å². The minimum absolute atomic E-state index is 0.170. The van der Waals surface area contributed by atoms with E-state index in [1.54, 1.807) is 18.2 Å². The highest BCUT2D eigenvalue weighted by atomic mass is 35.5. The Bertz CT molecular complexity index is 834. The van der Waals surface area contributed by atoms with E-state index in [-0.39, 0.29) is 11.7 Å². The highest BCUT2D eigenvalue weighted by Crippen LogP contribution is 2.28. The quantitative estimate of drug-likeness (QED) is 0.428. The molecule has 0 radical (unpaired) electrons. The number of thioether (sulfide) groups is 1. The van der Waals surface area contributed by atoms with Gasteiger partial charge in [-0.15, -0.1) is 16.8 Å². The Balaban J connectivity index is 1.62. The number of halogens is 2. The first kappa shape index (κ1) is 21.2. The molecule has 3 rings (SSSR count). The molecule has 1 aromatic carbocycles. The summed E-state index contributed by atoms with van der Waals surface area (Å²) in [7, 11) is 0. The van der Waals surface area contributed by atoms with Crippen LogP contribution in [0.2, 0.25) is 10.0 Å². The van der Waals surface area contributed by atoms with Crippen LogP contribution in [0, 0.1) is 5.92 Å². The highest BCUT2D eigenvalue weighted by molar-refractivity contribution is 7.99. The summed E-state index contributed by atoms with van der Waals surface area (Å²) < 4.78 is 2.06. The van der Waals surface area contributed by atoms with E-state index in [1.165, 1.54) is 43.9 Å². The predicted molar refractivity (Wildman–Crippen MR) is 116 cm³/mol. The molecule has 1 fully saturated rings. The predicted octanol–water partition coefficient (Wildman–Crippen LogP) is 5.62. The molecule has 5 nitrogen and oxygen atoms in total. The Morgan fingerprint density at radius 1 is 1.29 bits per heavy atom. The van der Waals surface area contributed by atoms with Crippen LogP contribution in [0.4, 0.5) is 5.69 Å². The number of carbonyl (C=O) groups excluding carboxylic acids is 1. The lowest BCUT2D eigenvalue weighted by molar-refractivity contribution is -0.113. The van der Waals surface area contributed by atoms with E-state index in [0.29, 0.717) is 28.2 Å². The maximum atomic E-state index is 12.3. The number of hydrogen-bond donors (Lipinski definition) is 1. The van der Waals surface area contributed by atoms with Crippen molar-refractivity contribution in [3.05, 3.63) is 46.7 Å². The molecule has 8 heteroatoms. The van der Waals surface area contributed by atoms with Gasteiger partial charge in [-0.1, -0.05) is 73.1 Å². The summed E-state index contributed by atoms with van der Waals surface area (Å²) in [6.45, 7) is 4.48. The van der Waals surface area contributed by atoms with Crippen LogP contribution < -0.4 is 5.32 Å². The minimum atomic E-state index is -0.170. The van der Waals surface area contributed by atoms with Crippen LogP contribution in [-0.4, -0.2) is 26.4 Å². The zero-order valence-corrected chi connectivity index (χ0v) is 18.0. The van der Waals surface area contributed by atoms with Crippen molar-refractivity contribution in [2.75, 3.05) is 11.1 Å². The molecule has 1 aliphatic rings. The molecule has 0 aliphatic heterocycles. The third kappa shape index (κ3) is 5.75. The maximum absolute atomic E-state index is 12.3. The smallest absolute Gasteiger partial charge is 0.234 e. The maximum Gasteiger partial charge on any atom is 0.234 e. The second-order valence-electron chi connectivity index (χ2n) is 6.97. The topological polar surface area (TPSA) is 59.8 Å². The van der Waals surface area contributed by atoms with Gasteiger partial charge in [-0.05, 0) is 24.1 Å². The lowest BCUT2D eigenvalue weighted by atomic mass is 9.87. The van der Waals surface area contributed by atoms with Gasteiger partial charge in [0.15, 0.2) is 5.16 Å². The van der Waals surface area contributed by atoms with Gasteiger partial charge in [-0.25, -0.2) is 0 Å². The second-order valence-corrected chi connectivity index (χ2v) is 8.75. The number of hydrogen-bond acceptors (Lipinski definition) is 4. The first-order chi connectivity index (χ1) is 13.6. The lowest BCUT2D eigenvalue weighted by Crippen LogP contribution is -2.16. The van der Waals surface area contributed by atoms with Gasteiger partial charge in [-0.2, -0.15) is 0 Å². The van der Waals surface area contributed by atoms with Crippen LogP contribution in [0.3, 0.4) is 0 Å². The van der Waals surface area contributed by atoms with Gasteiger partial charge in [0.2, 0.25) is 5.91 Å². The molecular formula is C20H24Cl2N4OS. The van der Waals surface area contributed by atoms with E-state index in [1.807, 2.05) is 6.08 Å². The summed E-state index contributed by atoms with van der Waals surface area (Å²) >= 11 is 13.4. The third-order valence-corrected chi connectivity index (χ3v) is 6.37. The molecule has 2 aromatic rings. The first-order valence-electron chi connectivity index (χ1n) is 9.47. The van der Waals surface area contributed by atoms with Crippen LogP contribution in [0.25, 0.3) is 0 Å². The molecular weight excluding hydrogens is 415 g/mol.